The normalized spacial score (nSPS) is 9.43. The van der Waals surface area contributed by atoms with Crippen molar-refractivity contribution in [1.29, 1.82) is 0 Å². The molecule has 0 unspecified atom stereocenters. The van der Waals surface area contributed by atoms with Gasteiger partial charge in [-0.05, 0) is 13.5 Å². The minimum atomic E-state index is 1.24. The topological polar surface area (TPSA) is 12.0 Å². The van der Waals surface area contributed by atoms with Gasteiger partial charge in [-0.25, -0.2) is 0 Å². The summed E-state index contributed by atoms with van der Waals surface area (Å²) in [6, 6.07) is 0. The van der Waals surface area contributed by atoms with E-state index in [4.69, 9.17) is 0 Å². The Morgan fingerprint density at radius 2 is 2.29 bits per heavy atom. The zero-order valence-corrected chi connectivity index (χ0v) is 5.85. The quantitative estimate of drug-likeness (QED) is 0.446. The molecule has 0 amide bonds. The number of hydrogen-bond donors (Lipinski definition) is 1. The second-order valence-electron chi connectivity index (χ2n) is 1.41. The average molecular weight is 119 g/mol. The number of hydrogen-bond acceptors (Lipinski definition) is 2. The van der Waals surface area contributed by atoms with Crippen LogP contribution in [0.4, 0.5) is 0 Å². The van der Waals surface area contributed by atoms with Crippen LogP contribution in [0.1, 0.15) is 19.8 Å². The second kappa shape index (κ2) is 6.31. The fourth-order valence-corrected chi connectivity index (χ4v) is 0.956. The Morgan fingerprint density at radius 3 is 2.71 bits per heavy atom. The molecular weight excluding hydrogens is 106 g/mol. The molecule has 0 saturated heterocycles. The number of unbranched alkanes of at least 4 members (excludes halogenated alkanes) is 1. The molecule has 0 aromatic carbocycles. The van der Waals surface area contributed by atoms with Gasteiger partial charge in [0.1, 0.15) is 0 Å². The Kier molecular flexibility index (Phi) is 6.59. The molecule has 1 nitrogen and oxygen atoms in total. The molecule has 0 rings (SSSR count). The van der Waals surface area contributed by atoms with Crippen LogP contribution in [0.2, 0.25) is 0 Å². The van der Waals surface area contributed by atoms with Gasteiger partial charge in [-0.3, -0.25) is 4.72 Å². The Morgan fingerprint density at radius 1 is 1.57 bits per heavy atom. The predicted molar refractivity (Wildman–Crippen MR) is 36.4 cm³/mol. The third kappa shape index (κ3) is 6.31. The largest absolute Gasteiger partial charge is 0.267 e. The van der Waals surface area contributed by atoms with E-state index in [-0.39, 0.29) is 0 Å². The van der Waals surface area contributed by atoms with Gasteiger partial charge in [-0.1, -0.05) is 25.3 Å². The molecule has 0 aromatic heterocycles. The van der Waals surface area contributed by atoms with Crippen molar-refractivity contribution in [3.05, 3.63) is 0 Å². The highest BCUT2D eigenvalue weighted by atomic mass is 32.2. The molecule has 0 spiro atoms. The smallest absolute Gasteiger partial charge is 0.00784 e. The van der Waals surface area contributed by atoms with Crippen molar-refractivity contribution in [3.8, 4) is 0 Å². The molecule has 0 atom stereocenters. The number of rotatable bonds is 4. The van der Waals surface area contributed by atoms with Crippen molar-refractivity contribution >= 4 is 11.9 Å². The minimum Gasteiger partial charge on any atom is -0.267 e. The molecule has 0 saturated carbocycles. The van der Waals surface area contributed by atoms with E-state index in [0.717, 1.165) is 0 Å². The zero-order chi connectivity index (χ0) is 5.54. The molecular formula is C5H13NS. The van der Waals surface area contributed by atoms with Gasteiger partial charge in [0.05, 0.1) is 0 Å². The van der Waals surface area contributed by atoms with Gasteiger partial charge >= 0.3 is 0 Å². The molecule has 0 bridgehead atoms. The predicted octanol–water partition coefficient (Wildman–Crippen LogP) is 1.65. The SMILES string of the molecule is CCCCSNC. The third-order valence-corrected chi connectivity index (χ3v) is 1.53. The van der Waals surface area contributed by atoms with Crippen molar-refractivity contribution in [2.45, 2.75) is 19.8 Å². The van der Waals surface area contributed by atoms with E-state index in [2.05, 4.69) is 11.6 Å². The van der Waals surface area contributed by atoms with Gasteiger partial charge in [-0.15, -0.1) is 0 Å². The van der Waals surface area contributed by atoms with Gasteiger partial charge in [0.2, 0.25) is 0 Å². The first kappa shape index (κ1) is 7.31. The first-order chi connectivity index (χ1) is 3.41. The van der Waals surface area contributed by atoms with E-state index < -0.39 is 0 Å². The van der Waals surface area contributed by atoms with E-state index in [0.29, 0.717) is 0 Å². The summed E-state index contributed by atoms with van der Waals surface area (Å²) in [7, 11) is 1.96. The standard InChI is InChI=1S/C5H13NS/c1-3-4-5-7-6-2/h6H,3-5H2,1-2H3. The van der Waals surface area contributed by atoms with Crippen LogP contribution in [-0.4, -0.2) is 12.8 Å². The van der Waals surface area contributed by atoms with Crippen LogP contribution in [0.15, 0.2) is 0 Å². The van der Waals surface area contributed by atoms with Crippen molar-refractivity contribution in [2.75, 3.05) is 12.8 Å². The Bertz CT molecular complexity index is 27.3. The van der Waals surface area contributed by atoms with Gasteiger partial charge in [-0.2, -0.15) is 0 Å². The van der Waals surface area contributed by atoms with E-state index in [1.165, 1.54) is 18.6 Å². The molecule has 2 heteroatoms. The highest BCUT2D eigenvalue weighted by Crippen LogP contribution is 1.96. The van der Waals surface area contributed by atoms with Crippen LogP contribution in [0.3, 0.4) is 0 Å². The molecule has 44 valence electrons. The highest BCUT2D eigenvalue weighted by molar-refractivity contribution is 7.97. The van der Waals surface area contributed by atoms with E-state index in [1.54, 1.807) is 11.9 Å². The summed E-state index contributed by atoms with van der Waals surface area (Å²) in [5.74, 6) is 1.24. The van der Waals surface area contributed by atoms with Crippen LogP contribution in [0, 0.1) is 0 Å². The highest BCUT2D eigenvalue weighted by Gasteiger charge is 1.79. The summed E-state index contributed by atoms with van der Waals surface area (Å²) in [6.45, 7) is 2.20. The third-order valence-electron chi connectivity index (χ3n) is 0.744. The summed E-state index contributed by atoms with van der Waals surface area (Å²) >= 11 is 1.78. The Balaban J connectivity index is 2.45. The molecule has 7 heavy (non-hydrogen) atoms. The van der Waals surface area contributed by atoms with Crippen molar-refractivity contribution in [3.63, 3.8) is 0 Å². The van der Waals surface area contributed by atoms with Crippen molar-refractivity contribution in [2.24, 2.45) is 0 Å². The maximum atomic E-state index is 3.02. The van der Waals surface area contributed by atoms with Crippen LogP contribution >= 0.6 is 11.9 Å². The first-order valence-corrected chi connectivity index (χ1v) is 3.69. The van der Waals surface area contributed by atoms with Gasteiger partial charge in [0, 0.05) is 5.75 Å². The van der Waals surface area contributed by atoms with E-state index >= 15 is 0 Å². The van der Waals surface area contributed by atoms with E-state index in [9.17, 15) is 0 Å². The molecule has 0 heterocycles. The van der Waals surface area contributed by atoms with Crippen LogP contribution in [0.5, 0.6) is 0 Å². The zero-order valence-electron chi connectivity index (χ0n) is 5.03. The molecule has 0 fully saturated rings. The Labute approximate surface area is 50.0 Å². The lowest BCUT2D eigenvalue weighted by atomic mass is 10.4. The molecule has 0 aliphatic heterocycles. The maximum absolute atomic E-state index is 3.02. The van der Waals surface area contributed by atoms with Crippen molar-refractivity contribution in [1.82, 2.24) is 4.72 Å². The van der Waals surface area contributed by atoms with Crippen LogP contribution in [-0.2, 0) is 0 Å². The number of nitrogens with one attached hydrogen (secondary N) is 1. The molecule has 0 aromatic rings. The van der Waals surface area contributed by atoms with Crippen LogP contribution in [0.25, 0.3) is 0 Å². The van der Waals surface area contributed by atoms with Crippen LogP contribution < -0.4 is 4.72 Å². The molecule has 0 aliphatic carbocycles. The maximum Gasteiger partial charge on any atom is 0.00784 e. The minimum absolute atomic E-state index is 1.24. The summed E-state index contributed by atoms with van der Waals surface area (Å²) in [5.41, 5.74) is 0. The summed E-state index contributed by atoms with van der Waals surface area (Å²) < 4.78 is 3.02. The summed E-state index contributed by atoms with van der Waals surface area (Å²) in [5, 5.41) is 0. The van der Waals surface area contributed by atoms with Gasteiger partial charge < -0.3 is 0 Å². The molecule has 0 aliphatic rings. The lowest BCUT2D eigenvalue weighted by Gasteiger charge is -1.92. The molecule has 0 radical (unpaired) electrons. The lowest BCUT2D eigenvalue weighted by Crippen LogP contribution is -1.92. The lowest BCUT2D eigenvalue weighted by molar-refractivity contribution is 0.894. The van der Waals surface area contributed by atoms with Crippen molar-refractivity contribution < 1.29 is 0 Å². The van der Waals surface area contributed by atoms with Gasteiger partial charge in [0.15, 0.2) is 0 Å². The fraction of sp³-hybridized carbons (Fsp3) is 1.00. The van der Waals surface area contributed by atoms with Gasteiger partial charge in [0.25, 0.3) is 0 Å². The monoisotopic (exact) mass is 119 g/mol. The summed E-state index contributed by atoms with van der Waals surface area (Å²) in [6.07, 6.45) is 2.63. The molecule has 1 N–H and O–H groups in total. The Hall–Kier alpha value is 0.310. The second-order valence-corrected chi connectivity index (χ2v) is 2.51. The average Bonchev–Trinajstić information content (AvgIpc) is 1.69. The summed E-state index contributed by atoms with van der Waals surface area (Å²) in [4.78, 5) is 0. The first-order valence-electron chi connectivity index (χ1n) is 2.70. The fourth-order valence-electron chi connectivity index (χ4n) is 0.319. The van der Waals surface area contributed by atoms with E-state index in [1.807, 2.05) is 7.05 Å².